The number of unbranched alkanes of at least 4 members (excludes halogenated alkanes) is 1. The molecule has 0 aromatic heterocycles. The first-order valence-corrected chi connectivity index (χ1v) is 10.9. The molecule has 0 saturated heterocycles. The molecule has 0 aliphatic rings. The molecule has 2 N–H and O–H groups in total. The van der Waals surface area contributed by atoms with E-state index in [1.54, 1.807) is 0 Å². The molecule has 148 valence electrons. The third-order valence-electron chi connectivity index (χ3n) is 5.17. The first kappa shape index (κ1) is 20.9. The highest BCUT2D eigenvalue weighted by Crippen LogP contribution is 2.08. The highest BCUT2D eigenvalue weighted by molar-refractivity contribution is 5.44. The van der Waals surface area contributed by atoms with Crippen molar-refractivity contribution in [3.63, 3.8) is 0 Å². The lowest BCUT2D eigenvalue weighted by atomic mass is 10.1. The van der Waals surface area contributed by atoms with Gasteiger partial charge in [0.1, 0.15) is 6.54 Å². The van der Waals surface area contributed by atoms with Crippen LogP contribution in [0.5, 0.6) is 0 Å². The summed E-state index contributed by atoms with van der Waals surface area (Å²) in [5.41, 5.74) is 6.35. The summed E-state index contributed by atoms with van der Waals surface area (Å²) in [6, 6.07) is 28.1. The minimum absolute atomic E-state index is 1.03. The lowest BCUT2D eigenvalue weighted by Crippen LogP contribution is -2.82. The molecule has 0 atom stereocenters. The van der Waals surface area contributed by atoms with Crippen LogP contribution in [0.3, 0.4) is 0 Å². The van der Waals surface area contributed by atoms with Crippen molar-refractivity contribution < 1.29 is 5.32 Å². The number of hydrogen-bond donors (Lipinski definition) is 1. The molecule has 0 unspecified atom stereocenters. The average molecular weight is 383 g/mol. The number of benzene rings is 3. The van der Waals surface area contributed by atoms with Gasteiger partial charge in [-0.1, -0.05) is 79.8 Å². The van der Waals surface area contributed by atoms with Gasteiger partial charge in [0.2, 0.25) is 0 Å². The molecule has 3 aromatic carbocycles. The zero-order valence-electron chi connectivity index (χ0n) is 17.5. The zero-order valence-corrected chi connectivity index (χ0v) is 17.5. The lowest BCUT2D eigenvalue weighted by Gasteiger charge is -2.03. The van der Waals surface area contributed by atoms with Gasteiger partial charge < -0.3 is 5.32 Å². The summed E-state index contributed by atoms with van der Waals surface area (Å²) in [5, 5.41) is 2.39. The largest absolute Gasteiger partial charge is 0.342 e. The monoisotopic (exact) mass is 382 g/mol. The maximum Gasteiger partial charge on any atom is 0.101 e. The fourth-order valence-electron chi connectivity index (χ4n) is 3.37. The van der Waals surface area contributed by atoms with Crippen molar-refractivity contribution in [3.05, 3.63) is 107 Å². The van der Waals surface area contributed by atoms with Crippen molar-refractivity contribution in [3.8, 4) is 11.8 Å². The van der Waals surface area contributed by atoms with Crippen LogP contribution < -0.4 is 5.32 Å². The van der Waals surface area contributed by atoms with E-state index in [4.69, 9.17) is 0 Å². The van der Waals surface area contributed by atoms with Gasteiger partial charge in [-0.2, -0.15) is 0 Å². The standard InChI is InChI=1S/C28H31N/c1-2-3-8-25-12-14-26(15-13-25)16-17-27-18-20-28(21-19-27)23-29-22-7-11-24-9-5-4-6-10-24/h4-6,9-10,12-15,18-21,29H,2-3,7-8,11,22-23H2,1H3/p+1. The van der Waals surface area contributed by atoms with E-state index in [-0.39, 0.29) is 0 Å². The molecule has 3 rings (SSSR count). The summed E-state index contributed by atoms with van der Waals surface area (Å²) >= 11 is 0. The number of hydrogen-bond acceptors (Lipinski definition) is 0. The van der Waals surface area contributed by atoms with Gasteiger partial charge in [-0.3, -0.25) is 0 Å². The minimum atomic E-state index is 1.03. The van der Waals surface area contributed by atoms with E-state index in [2.05, 4.69) is 103 Å². The lowest BCUT2D eigenvalue weighted by molar-refractivity contribution is -0.670. The van der Waals surface area contributed by atoms with Gasteiger partial charge in [-0.15, -0.1) is 0 Å². The van der Waals surface area contributed by atoms with Gasteiger partial charge in [0.05, 0.1) is 6.54 Å². The van der Waals surface area contributed by atoms with Crippen molar-refractivity contribution in [2.75, 3.05) is 6.54 Å². The average Bonchev–Trinajstić information content (AvgIpc) is 2.78. The fourth-order valence-corrected chi connectivity index (χ4v) is 3.37. The molecule has 0 aliphatic heterocycles. The van der Waals surface area contributed by atoms with E-state index in [1.165, 1.54) is 36.0 Å². The molecule has 0 amide bonds. The second kappa shape index (κ2) is 11.9. The van der Waals surface area contributed by atoms with Crippen LogP contribution in [0.4, 0.5) is 0 Å². The molecule has 0 bridgehead atoms. The van der Waals surface area contributed by atoms with Crippen molar-refractivity contribution >= 4 is 0 Å². The predicted octanol–water partition coefficient (Wildman–Crippen LogP) is 5.13. The Morgan fingerprint density at radius 3 is 1.79 bits per heavy atom. The Labute approximate surface area is 176 Å². The first-order valence-electron chi connectivity index (χ1n) is 10.9. The molecule has 29 heavy (non-hydrogen) atoms. The molecule has 1 heteroatoms. The van der Waals surface area contributed by atoms with Gasteiger partial charge in [-0.25, -0.2) is 0 Å². The van der Waals surface area contributed by atoms with Gasteiger partial charge in [0.25, 0.3) is 0 Å². The molecular weight excluding hydrogens is 350 g/mol. The molecule has 0 spiro atoms. The second-order valence-electron chi connectivity index (χ2n) is 7.62. The third-order valence-corrected chi connectivity index (χ3v) is 5.17. The molecule has 0 aliphatic carbocycles. The first-order chi connectivity index (χ1) is 14.3. The van der Waals surface area contributed by atoms with Gasteiger partial charge in [0.15, 0.2) is 0 Å². The van der Waals surface area contributed by atoms with Gasteiger partial charge >= 0.3 is 0 Å². The molecular formula is C28H32N+. The fraction of sp³-hybridized carbons (Fsp3) is 0.286. The van der Waals surface area contributed by atoms with Crippen LogP contribution in [-0.2, 0) is 19.4 Å². The van der Waals surface area contributed by atoms with E-state index in [0.29, 0.717) is 0 Å². The number of rotatable bonds is 9. The maximum atomic E-state index is 3.29. The van der Waals surface area contributed by atoms with Crippen LogP contribution >= 0.6 is 0 Å². The van der Waals surface area contributed by atoms with Crippen molar-refractivity contribution in [1.29, 1.82) is 0 Å². The summed E-state index contributed by atoms with van der Waals surface area (Å²) in [5.74, 6) is 6.57. The Bertz CT molecular complexity index is 897. The van der Waals surface area contributed by atoms with Crippen LogP contribution in [0.25, 0.3) is 0 Å². The summed E-state index contributed by atoms with van der Waals surface area (Å²) in [6.07, 6.45) is 6.02. The molecule has 1 nitrogen and oxygen atoms in total. The van der Waals surface area contributed by atoms with Crippen LogP contribution in [0, 0.1) is 11.8 Å². The van der Waals surface area contributed by atoms with Gasteiger partial charge in [-0.05, 0) is 54.7 Å². The molecule has 0 fully saturated rings. The Morgan fingerprint density at radius 1 is 0.621 bits per heavy atom. The quantitative estimate of drug-likeness (QED) is 0.390. The van der Waals surface area contributed by atoms with E-state index < -0.39 is 0 Å². The van der Waals surface area contributed by atoms with Crippen molar-refractivity contribution in [2.45, 2.75) is 45.6 Å². The third kappa shape index (κ3) is 7.60. The zero-order chi connectivity index (χ0) is 20.2. The van der Waals surface area contributed by atoms with Crippen molar-refractivity contribution in [2.24, 2.45) is 0 Å². The molecule has 0 saturated carbocycles. The molecule has 0 heterocycles. The highest BCUT2D eigenvalue weighted by atomic mass is 14.8. The predicted molar refractivity (Wildman–Crippen MR) is 123 cm³/mol. The van der Waals surface area contributed by atoms with E-state index in [0.717, 1.165) is 37.1 Å². The topological polar surface area (TPSA) is 16.6 Å². The van der Waals surface area contributed by atoms with Gasteiger partial charge in [0, 0.05) is 23.1 Å². The summed E-state index contributed by atoms with van der Waals surface area (Å²) in [6.45, 7) is 4.42. The summed E-state index contributed by atoms with van der Waals surface area (Å²) < 4.78 is 0. The van der Waals surface area contributed by atoms with Crippen LogP contribution in [0.15, 0.2) is 78.9 Å². The van der Waals surface area contributed by atoms with E-state index >= 15 is 0 Å². The van der Waals surface area contributed by atoms with Crippen LogP contribution in [0.2, 0.25) is 0 Å². The molecule has 0 radical (unpaired) electrons. The maximum absolute atomic E-state index is 3.29. The number of nitrogens with two attached hydrogens (primary N) is 1. The molecule has 3 aromatic rings. The van der Waals surface area contributed by atoms with Crippen LogP contribution in [-0.4, -0.2) is 6.54 Å². The number of aryl methyl sites for hydroxylation is 2. The van der Waals surface area contributed by atoms with E-state index in [9.17, 15) is 0 Å². The van der Waals surface area contributed by atoms with E-state index in [1.807, 2.05) is 0 Å². The smallest absolute Gasteiger partial charge is 0.101 e. The summed E-state index contributed by atoms with van der Waals surface area (Å²) in [7, 11) is 0. The highest BCUT2D eigenvalue weighted by Gasteiger charge is 1.98. The second-order valence-corrected chi connectivity index (χ2v) is 7.62. The Morgan fingerprint density at radius 2 is 1.17 bits per heavy atom. The Hall–Kier alpha value is -2.82. The summed E-state index contributed by atoms with van der Waals surface area (Å²) in [4.78, 5) is 0. The minimum Gasteiger partial charge on any atom is -0.342 e. The Kier molecular flexibility index (Phi) is 8.57. The number of quaternary nitrogens is 1. The SMILES string of the molecule is CCCCc1ccc(C#Cc2ccc(C[NH2+]CCCc3ccccc3)cc2)cc1. The van der Waals surface area contributed by atoms with Crippen molar-refractivity contribution in [1.82, 2.24) is 0 Å². The van der Waals surface area contributed by atoms with Crippen LogP contribution in [0.1, 0.15) is 54.0 Å². The Balaban J connectivity index is 1.41. The normalized spacial score (nSPS) is 10.4.